The van der Waals surface area contributed by atoms with Crippen LogP contribution < -0.4 is 4.74 Å². The van der Waals surface area contributed by atoms with Gasteiger partial charge in [0.2, 0.25) is 10.0 Å². The first-order chi connectivity index (χ1) is 16.6. The van der Waals surface area contributed by atoms with Gasteiger partial charge in [0.25, 0.3) is 0 Å². The van der Waals surface area contributed by atoms with Crippen LogP contribution in [0, 0.1) is 23.7 Å². The lowest BCUT2D eigenvalue weighted by Gasteiger charge is -2.37. The van der Waals surface area contributed by atoms with Crippen LogP contribution in [-0.2, 0) is 16.6 Å². The Bertz CT molecular complexity index is 1140. The summed E-state index contributed by atoms with van der Waals surface area (Å²) in [6, 6.07) is 4.45. The number of hydrogen-bond donors (Lipinski definition) is 1. The van der Waals surface area contributed by atoms with Gasteiger partial charge in [0.15, 0.2) is 0 Å². The highest BCUT2D eigenvalue weighted by atomic mass is 32.2. The first-order valence-electron chi connectivity index (χ1n) is 12.0. The van der Waals surface area contributed by atoms with E-state index < -0.39 is 16.1 Å². The average molecular weight is 501 g/mol. The molecule has 8 nitrogen and oxygen atoms in total. The molecule has 0 saturated carbocycles. The quantitative estimate of drug-likeness (QED) is 0.584. The lowest BCUT2D eigenvalue weighted by Crippen LogP contribution is -2.49. The van der Waals surface area contributed by atoms with E-state index in [-0.39, 0.29) is 30.1 Å². The molecule has 9 heteroatoms. The minimum absolute atomic E-state index is 0.100. The second-order valence-corrected chi connectivity index (χ2v) is 11.6. The van der Waals surface area contributed by atoms with Crippen molar-refractivity contribution in [2.75, 3.05) is 26.7 Å². The van der Waals surface area contributed by atoms with E-state index in [1.807, 2.05) is 14.0 Å². The maximum atomic E-state index is 13.6. The van der Waals surface area contributed by atoms with E-state index in [4.69, 9.17) is 4.74 Å². The number of fused-ring (bicyclic) bond motifs is 1. The third-order valence-electron chi connectivity index (χ3n) is 5.97. The van der Waals surface area contributed by atoms with Gasteiger partial charge in [-0.25, -0.2) is 18.4 Å². The molecule has 1 aromatic carbocycles. The van der Waals surface area contributed by atoms with Crippen molar-refractivity contribution < 1.29 is 18.3 Å². The van der Waals surface area contributed by atoms with Crippen LogP contribution in [0.15, 0.2) is 41.8 Å². The van der Waals surface area contributed by atoms with Crippen LogP contribution in [0.1, 0.15) is 45.2 Å². The van der Waals surface area contributed by atoms with Gasteiger partial charge in [0.1, 0.15) is 23.1 Å². The van der Waals surface area contributed by atoms with E-state index >= 15 is 0 Å². The summed E-state index contributed by atoms with van der Waals surface area (Å²) in [5.41, 5.74) is 1.69. The molecular formula is C26H36N4O4S. The Kier molecular flexibility index (Phi) is 9.25. The topological polar surface area (TPSA) is 95.9 Å². The van der Waals surface area contributed by atoms with Gasteiger partial charge in [0.05, 0.1) is 6.61 Å². The third kappa shape index (κ3) is 7.01. The molecule has 2 heterocycles. The van der Waals surface area contributed by atoms with Crippen LogP contribution in [0.3, 0.4) is 0 Å². The minimum Gasteiger partial charge on any atom is -0.487 e. The first-order valence-corrected chi connectivity index (χ1v) is 13.4. The third-order valence-corrected chi connectivity index (χ3v) is 7.99. The van der Waals surface area contributed by atoms with Crippen LogP contribution in [-0.4, -0.2) is 71.6 Å². The van der Waals surface area contributed by atoms with E-state index in [2.05, 4.69) is 40.6 Å². The molecule has 0 bridgehead atoms. The molecule has 1 aliphatic heterocycles. The molecule has 0 aliphatic carbocycles. The Hall–Kier alpha value is -2.51. The van der Waals surface area contributed by atoms with Gasteiger partial charge in [-0.1, -0.05) is 32.6 Å². The molecule has 0 radical (unpaired) electrons. The first kappa shape index (κ1) is 27.1. The van der Waals surface area contributed by atoms with Gasteiger partial charge in [-0.05, 0) is 38.1 Å². The summed E-state index contributed by atoms with van der Waals surface area (Å²) in [7, 11) is -1.88. The molecule has 3 rings (SSSR count). The fraction of sp³-hybridized carbons (Fsp3) is 0.538. The number of nitrogens with zero attached hydrogens (tertiary/aromatic N) is 4. The van der Waals surface area contributed by atoms with Gasteiger partial charge in [-0.3, -0.25) is 4.90 Å². The Balaban J connectivity index is 1.97. The van der Waals surface area contributed by atoms with Crippen molar-refractivity contribution in [1.82, 2.24) is 19.2 Å². The van der Waals surface area contributed by atoms with Crippen LogP contribution in [0.5, 0.6) is 5.75 Å². The Labute approximate surface area is 209 Å². The van der Waals surface area contributed by atoms with Crippen LogP contribution in [0.2, 0.25) is 0 Å². The Morgan fingerprint density at radius 3 is 2.63 bits per heavy atom. The van der Waals surface area contributed by atoms with Crippen molar-refractivity contribution >= 4 is 10.0 Å². The summed E-state index contributed by atoms with van der Waals surface area (Å²) in [6.07, 6.45) is 5.53. The minimum atomic E-state index is -3.87. The highest BCUT2D eigenvalue weighted by molar-refractivity contribution is 7.89. The van der Waals surface area contributed by atoms with Crippen molar-refractivity contribution in [1.29, 1.82) is 0 Å². The zero-order valence-corrected chi connectivity index (χ0v) is 22.0. The molecule has 0 spiro atoms. The van der Waals surface area contributed by atoms with E-state index in [1.54, 1.807) is 37.5 Å². The summed E-state index contributed by atoms with van der Waals surface area (Å²) in [5.74, 6) is 6.90. The summed E-state index contributed by atoms with van der Waals surface area (Å²) in [5, 5.41) is 9.80. The molecule has 35 heavy (non-hydrogen) atoms. The number of aliphatic hydroxyl groups is 1. The number of ether oxygens (including phenoxy) is 1. The van der Waals surface area contributed by atoms with Crippen molar-refractivity contribution in [3.63, 3.8) is 0 Å². The fourth-order valence-electron chi connectivity index (χ4n) is 3.97. The summed E-state index contributed by atoms with van der Waals surface area (Å²) >= 11 is 0. The van der Waals surface area contributed by atoms with E-state index in [1.165, 1.54) is 10.6 Å². The highest BCUT2D eigenvalue weighted by Crippen LogP contribution is 2.34. The van der Waals surface area contributed by atoms with Crippen molar-refractivity contribution in [3.8, 4) is 17.6 Å². The summed E-state index contributed by atoms with van der Waals surface area (Å²) < 4.78 is 35.0. The average Bonchev–Trinajstić information content (AvgIpc) is 2.81. The van der Waals surface area contributed by atoms with E-state index in [0.29, 0.717) is 30.3 Å². The van der Waals surface area contributed by atoms with E-state index in [9.17, 15) is 13.5 Å². The van der Waals surface area contributed by atoms with Crippen LogP contribution in [0.25, 0.3) is 0 Å². The lowest BCUT2D eigenvalue weighted by atomic mass is 10.0. The molecule has 0 amide bonds. The molecule has 0 saturated heterocycles. The smallest absolute Gasteiger partial charge is 0.247 e. The second-order valence-electron chi connectivity index (χ2n) is 9.74. The molecule has 3 atom stereocenters. The number of aromatic nitrogens is 2. The maximum Gasteiger partial charge on any atom is 0.247 e. The van der Waals surface area contributed by atoms with Gasteiger partial charge >= 0.3 is 0 Å². The van der Waals surface area contributed by atoms with Crippen molar-refractivity contribution in [2.24, 2.45) is 11.8 Å². The summed E-state index contributed by atoms with van der Waals surface area (Å²) in [6.45, 7) is 9.09. The fourth-order valence-corrected chi connectivity index (χ4v) is 5.80. The molecule has 1 N–H and O–H groups in total. The standard InChI is InChI=1S/C26H36N4O4S/c1-19(2)7-6-8-22-9-10-26-24(11-22)34-25(16-29(5)15-23-12-27-18-28-13-23)20(3)14-30(21(4)17-31)35(26,32)33/h9-13,18-21,25,31H,7,14-17H2,1-5H3/t20-,21+,25+/m0/s1. The van der Waals surface area contributed by atoms with Gasteiger partial charge in [0, 0.05) is 61.5 Å². The normalized spacial score (nSPS) is 20.8. The van der Waals surface area contributed by atoms with Gasteiger partial charge in [-0.2, -0.15) is 4.31 Å². The maximum absolute atomic E-state index is 13.6. The molecule has 190 valence electrons. The Morgan fingerprint density at radius 2 is 1.97 bits per heavy atom. The largest absolute Gasteiger partial charge is 0.487 e. The number of aliphatic hydroxyl groups excluding tert-OH is 1. The van der Waals surface area contributed by atoms with Crippen molar-refractivity contribution in [2.45, 2.75) is 57.7 Å². The Morgan fingerprint density at radius 1 is 1.26 bits per heavy atom. The zero-order chi connectivity index (χ0) is 25.6. The summed E-state index contributed by atoms with van der Waals surface area (Å²) in [4.78, 5) is 10.4. The van der Waals surface area contributed by atoms with Crippen molar-refractivity contribution in [3.05, 3.63) is 48.0 Å². The number of likely N-dealkylation sites (N-methyl/N-ethyl adjacent to an activating group) is 1. The SMILES string of the molecule is CC(C)CC#Cc1ccc2c(c1)O[C@H](CN(C)Cc1cncnc1)[C@@H](C)CN([C@H](C)CO)S2(=O)=O. The molecule has 1 aromatic heterocycles. The molecule has 1 aliphatic rings. The van der Waals surface area contributed by atoms with Crippen LogP contribution in [0.4, 0.5) is 0 Å². The molecular weight excluding hydrogens is 464 g/mol. The lowest BCUT2D eigenvalue weighted by molar-refractivity contribution is 0.0733. The number of hydrogen-bond acceptors (Lipinski definition) is 7. The molecule has 0 unspecified atom stereocenters. The number of rotatable bonds is 7. The van der Waals surface area contributed by atoms with Gasteiger partial charge in [-0.15, -0.1) is 0 Å². The predicted octanol–water partition coefficient (Wildman–Crippen LogP) is 2.77. The molecule has 2 aromatic rings. The monoisotopic (exact) mass is 500 g/mol. The van der Waals surface area contributed by atoms with Gasteiger partial charge < -0.3 is 9.84 Å². The number of benzene rings is 1. The molecule has 0 fully saturated rings. The van der Waals surface area contributed by atoms with Crippen LogP contribution >= 0.6 is 0 Å². The second kappa shape index (κ2) is 12.0. The van der Waals surface area contributed by atoms with E-state index in [0.717, 1.165) is 12.0 Å². The zero-order valence-electron chi connectivity index (χ0n) is 21.2. The highest BCUT2D eigenvalue weighted by Gasteiger charge is 2.38. The number of sulfonamides is 1. The predicted molar refractivity (Wildman–Crippen MR) is 135 cm³/mol.